The second-order valence-electron chi connectivity index (χ2n) is 7.55. The fourth-order valence-corrected chi connectivity index (χ4v) is 3.56. The summed E-state index contributed by atoms with van der Waals surface area (Å²) in [5.74, 6) is 0.595. The third-order valence-corrected chi connectivity index (χ3v) is 5.24. The van der Waals surface area contributed by atoms with Gasteiger partial charge in [-0.3, -0.25) is 4.79 Å². The van der Waals surface area contributed by atoms with Gasteiger partial charge in [-0.25, -0.2) is 9.78 Å². The predicted molar refractivity (Wildman–Crippen MR) is 130 cm³/mol. The van der Waals surface area contributed by atoms with Gasteiger partial charge in [0.15, 0.2) is 0 Å². The minimum absolute atomic E-state index is 0.0790. The molecule has 4 rings (SSSR count). The molecular formula is C26H26N4O3. The minimum Gasteiger partial charge on any atom is -0.492 e. The highest BCUT2D eigenvalue weighted by Crippen LogP contribution is 2.24. The summed E-state index contributed by atoms with van der Waals surface area (Å²) in [6.45, 7) is 2.87. The number of rotatable bonds is 8. The van der Waals surface area contributed by atoms with E-state index in [1.807, 2.05) is 73.7 Å². The van der Waals surface area contributed by atoms with Crippen molar-refractivity contribution in [3.8, 4) is 5.75 Å². The van der Waals surface area contributed by atoms with Gasteiger partial charge < -0.3 is 19.9 Å². The molecule has 2 N–H and O–H groups in total. The maximum Gasteiger partial charge on any atom is 0.322 e. The van der Waals surface area contributed by atoms with Crippen LogP contribution in [0.25, 0.3) is 11.0 Å². The van der Waals surface area contributed by atoms with Crippen LogP contribution >= 0.6 is 0 Å². The van der Waals surface area contributed by atoms with Crippen molar-refractivity contribution in [1.29, 1.82) is 0 Å². The number of anilines is 1. The lowest BCUT2D eigenvalue weighted by Crippen LogP contribution is -2.38. The number of aromatic nitrogens is 2. The Hall–Kier alpha value is -4.13. The number of fused-ring (bicyclic) bond motifs is 1. The van der Waals surface area contributed by atoms with Gasteiger partial charge in [-0.2, -0.15) is 0 Å². The summed E-state index contributed by atoms with van der Waals surface area (Å²) in [5, 5.41) is 2.93. The molecule has 0 aliphatic carbocycles. The maximum absolute atomic E-state index is 13.3. The van der Waals surface area contributed by atoms with E-state index < -0.39 is 0 Å². The van der Waals surface area contributed by atoms with E-state index in [4.69, 9.17) is 4.74 Å². The Morgan fingerprint density at radius 2 is 1.73 bits per heavy atom. The molecule has 0 radical (unpaired) electrons. The highest BCUT2D eigenvalue weighted by molar-refractivity contribution is 5.91. The molecule has 0 atom stereocenters. The van der Waals surface area contributed by atoms with Crippen molar-refractivity contribution in [2.75, 3.05) is 18.5 Å². The first-order chi connectivity index (χ1) is 16.1. The van der Waals surface area contributed by atoms with Crippen LogP contribution in [0.3, 0.4) is 0 Å². The number of carbonyl (C=O) groups excluding carboxylic acids is 1. The number of aromatic amines is 1. The summed E-state index contributed by atoms with van der Waals surface area (Å²) in [6, 6.07) is 24.2. The number of benzene rings is 3. The molecule has 1 heterocycles. The van der Waals surface area contributed by atoms with Gasteiger partial charge in [-0.15, -0.1) is 0 Å². The number of nitrogens with zero attached hydrogens (tertiary/aromatic N) is 2. The number of para-hydroxylation sites is 4. The average Bonchev–Trinajstić information content (AvgIpc) is 2.84. The molecule has 2 amide bonds. The Labute approximate surface area is 192 Å². The van der Waals surface area contributed by atoms with E-state index in [1.54, 1.807) is 17.0 Å². The molecule has 0 aliphatic rings. The zero-order chi connectivity index (χ0) is 23.0. The zero-order valence-corrected chi connectivity index (χ0v) is 18.5. The van der Waals surface area contributed by atoms with Crippen LogP contribution in [0.1, 0.15) is 18.2 Å². The molecule has 0 bridgehead atoms. The maximum atomic E-state index is 13.3. The molecule has 0 spiro atoms. The fraction of sp³-hybridized carbons (Fsp3) is 0.192. The number of urea groups is 1. The van der Waals surface area contributed by atoms with Crippen LogP contribution in [-0.2, 0) is 13.0 Å². The number of ether oxygens (including phenoxy) is 1. The molecule has 1 aromatic heterocycles. The largest absolute Gasteiger partial charge is 0.492 e. The van der Waals surface area contributed by atoms with Gasteiger partial charge in [-0.05, 0) is 43.2 Å². The molecule has 3 aromatic carbocycles. The second-order valence-corrected chi connectivity index (χ2v) is 7.55. The lowest BCUT2D eigenvalue weighted by atomic mass is 10.1. The van der Waals surface area contributed by atoms with Crippen LogP contribution in [0.2, 0.25) is 0 Å². The molecular weight excluding hydrogens is 416 g/mol. The molecule has 0 fully saturated rings. The number of hydrogen-bond acceptors (Lipinski definition) is 4. The third-order valence-electron chi connectivity index (χ3n) is 5.24. The molecule has 0 aliphatic heterocycles. The Bertz CT molecular complexity index is 1290. The molecule has 0 unspecified atom stereocenters. The van der Waals surface area contributed by atoms with E-state index in [0.717, 1.165) is 5.56 Å². The molecule has 7 nitrogen and oxygen atoms in total. The Balaban J connectivity index is 1.60. The first-order valence-electron chi connectivity index (χ1n) is 10.9. The van der Waals surface area contributed by atoms with E-state index in [1.165, 1.54) is 0 Å². The normalized spacial score (nSPS) is 10.7. The van der Waals surface area contributed by atoms with Gasteiger partial charge in [0.2, 0.25) is 0 Å². The van der Waals surface area contributed by atoms with Crippen molar-refractivity contribution in [2.45, 2.75) is 19.9 Å². The monoisotopic (exact) mass is 442 g/mol. The molecule has 0 saturated carbocycles. The summed E-state index contributed by atoms with van der Waals surface area (Å²) in [5.41, 5.74) is 3.00. The third kappa shape index (κ3) is 5.57. The second kappa shape index (κ2) is 10.5. The lowest BCUT2D eigenvalue weighted by molar-refractivity contribution is 0.208. The standard InChI is InChI=1S/C26H26N4O3/c1-2-33-24-15-9-8-14-22(24)29-26(32)30(17-16-19-10-4-3-5-11-19)18-23-25(31)28-21-13-7-6-12-20(21)27-23/h3-15H,2,16-18H2,1H3,(H,28,31)(H,29,32). The summed E-state index contributed by atoms with van der Waals surface area (Å²) >= 11 is 0. The van der Waals surface area contributed by atoms with Gasteiger partial charge in [0, 0.05) is 6.54 Å². The van der Waals surface area contributed by atoms with Crippen LogP contribution < -0.4 is 15.6 Å². The highest BCUT2D eigenvalue weighted by Gasteiger charge is 2.19. The van der Waals surface area contributed by atoms with Crippen LogP contribution in [0.15, 0.2) is 83.7 Å². The number of carbonyl (C=O) groups is 1. The summed E-state index contributed by atoms with van der Waals surface area (Å²) in [4.78, 5) is 34.9. The molecule has 7 heteroatoms. The van der Waals surface area contributed by atoms with Crippen LogP contribution in [0.4, 0.5) is 10.5 Å². The van der Waals surface area contributed by atoms with E-state index in [9.17, 15) is 9.59 Å². The summed E-state index contributed by atoms with van der Waals surface area (Å²) < 4.78 is 5.63. The van der Waals surface area contributed by atoms with Crippen molar-refractivity contribution >= 4 is 22.8 Å². The van der Waals surface area contributed by atoms with Crippen LogP contribution in [-0.4, -0.2) is 34.1 Å². The van der Waals surface area contributed by atoms with E-state index in [0.29, 0.717) is 42.0 Å². The summed E-state index contributed by atoms with van der Waals surface area (Å²) in [7, 11) is 0. The Morgan fingerprint density at radius 3 is 2.55 bits per heavy atom. The SMILES string of the molecule is CCOc1ccccc1NC(=O)N(CCc1ccccc1)Cc1nc2ccccc2[nH]c1=O. The minimum atomic E-state index is -0.326. The Morgan fingerprint density at radius 1 is 1.00 bits per heavy atom. The fourth-order valence-electron chi connectivity index (χ4n) is 3.56. The van der Waals surface area contributed by atoms with E-state index in [2.05, 4.69) is 15.3 Å². The van der Waals surface area contributed by atoms with Crippen LogP contribution in [0, 0.1) is 0 Å². The van der Waals surface area contributed by atoms with Gasteiger partial charge in [-0.1, -0.05) is 54.6 Å². The smallest absolute Gasteiger partial charge is 0.322 e. The topological polar surface area (TPSA) is 87.3 Å². The number of hydrogen-bond donors (Lipinski definition) is 2. The molecule has 0 saturated heterocycles. The van der Waals surface area contributed by atoms with Crippen molar-refractivity contribution in [3.63, 3.8) is 0 Å². The van der Waals surface area contributed by atoms with E-state index >= 15 is 0 Å². The lowest BCUT2D eigenvalue weighted by Gasteiger charge is -2.23. The summed E-state index contributed by atoms with van der Waals surface area (Å²) in [6.07, 6.45) is 0.646. The predicted octanol–water partition coefficient (Wildman–Crippen LogP) is 4.60. The highest BCUT2D eigenvalue weighted by atomic mass is 16.5. The van der Waals surface area contributed by atoms with E-state index in [-0.39, 0.29) is 23.8 Å². The average molecular weight is 443 g/mol. The van der Waals surface area contributed by atoms with Crippen molar-refractivity contribution in [2.24, 2.45) is 0 Å². The first-order valence-corrected chi connectivity index (χ1v) is 10.9. The molecule has 4 aromatic rings. The van der Waals surface area contributed by atoms with Crippen molar-refractivity contribution in [1.82, 2.24) is 14.9 Å². The van der Waals surface area contributed by atoms with Gasteiger partial charge in [0.25, 0.3) is 5.56 Å². The van der Waals surface area contributed by atoms with Crippen LogP contribution in [0.5, 0.6) is 5.75 Å². The number of amides is 2. The van der Waals surface area contributed by atoms with Crippen molar-refractivity contribution in [3.05, 3.63) is 100 Å². The van der Waals surface area contributed by atoms with Gasteiger partial charge >= 0.3 is 6.03 Å². The quantitative estimate of drug-likeness (QED) is 0.418. The number of H-pyrrole nitrogens is 1. The zero-order valence-electron chi connectivity index (χ0n) is 18.5. The molecule has 33 heavy (non-hydrogen) atoms. The van der Waals surface area contributed by atoms with Gasteiger partial charge in [0.05, 0.1) is 29.9 Å². The van der Waals surface area contributed by atoms with Crippen molar-refractivity contribution < 1.29 is 9.53 Å². The first kappa shape index (κ1) is 22.1. The van der Waals surface area contributed by atoms with Gasteiger partial charge in [0.1, 0.15) is 11.4 Å². The molecule has 168 valence electrons. The number of nitrogens with one attached hydrogen (secondary N) is 2. The Kier molecular flexibility index (Phi) is 6.99.